The minimum absolute atomic E-state index is 0.0270. The van der Waals surface area contributed by atoms with Gasteiger partial charge in [0.15, 0.2) is 5.82 Å². The molecule has 6 aromatic carbocycles. The van der Waals surface area contributed by atoms with Crippen LogP contribution >= 0.6 is 58.0 Å². The van der Waals surface area contributed by atoms with Crippen LogP contribution in [0.15, 0.2) is 171 Å². The van der Waals surface area contributed by atoms with Crippen molar-refractivity contribution >= 4 is 92.7 Å². The fourth-order valence-corrected chi connectivity index (χ4v) is 5.48. The molecule has 0 saturated heterocycles. The highest BCUT2D eigenvalue weighted by atomic mass is 35.5. The number of nitrogens with two attached hydrogens (primary N) is 1. The van der Waals surface area contributed by atoms with Gasteiger partial charge in [0.2, 0.25) is 0 Å². The monoisotopic (exact) mass is 1050 g/mol. The Balaban J connectivity index is 0.000000229. The molecule has 0 aliphatic rings. The average Bonchev–Trinajstić information content (AvgIpc) is 3.34. The molecule has 360 valence electrons. The Morgan fingerprint density at radius 1 is 0.514 bits per heavy atom. The molecular formula is C48H37Cl5N6O11. The number of ether oxygens (including phenoxy) is 1. The number of aromatic carboxylic acids is 1. The van der Waals surface area contributed by atoms with Crippen molar-refractivity contribution in [3.05, 3.63) is 213 Å². The molecule has 0 radical (unpaired) electrons. The molecule has 22 heteroatoms. The summed E-state index contributed by atoms with van der Waals surface area (Å²) in [4.78, 5) is 59.5. The summed E-state index contributed by atoms with van der Waals surface area (Å²) in [6, 6.07) is 33.7. The van der Waals surface area contributed by atoms with Crippen molar-refractivity contribution in [1.82, 2.24) is 19.9 Å². The number of carboxylic acid groups (broad SMARTS) is 1. The summed E-state index contributed by atoms with van der Waals surface area (Å²) < 4.78 is 5.08. The maximum atomic E-state index is 11.8. The van der Waals surface area contributed by atoms with Crippen LogP contribution in [0.1, 0.15) is 41.4 Å². The molecule has 0 saturated carbocycles. The molecule has 1 amide bonds. The van der Waals surface area contributed by atoms with E-state index in [2.05, 4.69) is 25.3 Å². The topological polar surface area (TPSA) is 288 Å². The van der Waals surface area contributed by atoms with Gasteiger partial charge in [0, 0.05) is 44.9 Å². The van der Waals surface area contributed by atoms with Gasteiger partial charge in [-0.3, -0.25) is 19.6 Å². The number of anilines is 2. The fraction of sp³-hybridized carbons (Fsp3) is 0. The third kappa shape index (κ3) is 20.8. The number of hydrogen-bond donors (Lipinski definition) is 8. The van der Waals surface area contributed by atoms with E-state index in [0.717, 1.165) is 0 Å². The van der Waals surface area contributed by atoms with E-state index >= 15 is 0 Å². The number of para-hydroxylation sites is 2. The maximum absolute atomic E-state index is 11.8. The molecule has 0 bridgehead atoms. The van der Waals surface area contributed by atoms with Crippen molar-refractivity contribution in [1.29, 1.82) is 0 Å². The number of amides is 1. The number of nitrogens with zero attached hydrogens (tertiary/aromatic N) is 4. The van der Waals surface area contributed by atoms with Crippen LogP contribution in [-0.2, 0) is 0 Å². The Hall–Kier alpha value is -8.19. The molecule has 0 fully saturated rings. The number of benzene rings is 6. The number of carbonyl (C=O) groups excluding carboxylic acids is 3. The van der Waals surface area contributed by atoms with Gasteiger partial charge in [0.1, 0.15) is 51.4 Å². The number of nitrogen functional groups attached to an aromatic ring is 1. The summed E-state index contributed by atoms with van der Waals surface area (Å²) in [6.45, 7) is 0. The molecule has 70 heavy (non-hydrogen) atoms. The second kappa shape index (κ2) is 29.5. The Morgan fingerprint density at radius 3 is 1.33 bits per heavy atom. The number of halogens is 5. The number of phenolic OH excluding ortho intramolecular Hbond substituents is 4. The Morgan fingerprint density at radius 2 is 0.943 bits per heavy atom. The first-order chi connectivity index (χ1) is 33.3. The number of rotatable bonds is 6. The summed E-state index contributed by atoms with van der Waals surface area (Å²) in [5.74, 6) is -1.56. The van der Waals surface area contributed by atoms with E-state index in [0.29, 0.717) is 43.2 Å². The molecule has 9 N–H and O–H groups in total. The summed E-state index contributed by atoms with van der Waals surface area (Å²) >= 11 is 27.6. The van der Waals surface area contributed by atoms with Crippen LogP contribution in [0.3, 0.4) is 0 Å². The number of carboxylic acids is 1. The van der Waals surface area contributed by atoms with Gasteiger partial charge in [-0.25, -0.2) is 19.6 Å². The van der Waals surface area contributed by atoms with Gasteiger partial charge < -0.3 is 46.4 Å². The quantitative estimate of drug-likeness (QED) is 0.0436. The Kier molecular flexibility index (Phi) is 23.7. The van der Waals surface area contributed by atoms with Gasteiger partial charge in [-0.2, -0.15) is 0 Å². The number of esters is 1. The minimum Gasteiger partial charge on any atom is -0.508 e. The summed E-state index contributed by atoms with van der Waals surface area (Å²) in [6.07, 6.45) is 8.98. The summed E-state index contributed by atoms with van der Waals surface area (Å²) in [7, 11) is 0. The zero-order chi connectivity index (χ0) is 51.6. The molecule has 0 aliphatic heterocycles. The second-order valence-corrected chi connectivity index (χ2v) is 15.0. The van der Waals surface area contributed by atoms with Crippen LogP contribution in [0.4, 0.5) is 11.6 Å². The molecule has 8 rings (SSSR count). The molecule has 2 aromatic heterocycles. The van der Waals surface area contributed by atoms with E-state index in [9.17, 15) is 29.4 Å². The molecule has 17 nitrogen and oxygen atoms in total. The first-order valence-corrected chi connectivity index (χ1v) is 21.2. The first kappa shape index (κ1) is 56.1. The van der Waals surface area contributed by atoms with Crippen LogP contribution < -0.4 is 15.8 Å². The molecule has 0 unspecified atom stereocenters. The highest BCUT2D eigenvalue weighted by Crippen LogP contribution is 2.25. The fourth-order valence-electron chi connectivity index (χ4n) is 4.64. The number of nitrogens with one attached hydrogen (secondary N) is 1. The third-order valence-corrected chi connectivity index (χ3v) is 8.98. The van der Waals surface area contributed by atoms with Crippen LogP contribution in [0.2, 0.25) is 20.1 Å². The van der Waals surface area contributed by atoms with Gasteiger partial charge in [0.25, 0.3) is 11.1 Å². The third-order valence-electron chi connectivity index (χ3n) is 7.84. The predicted octanol–water partition coefficient (Wildman–Crippen LogP) is 11.0. The van der Waals surface area contributed by atoms with Crippen molar-refractivity contribution in [3.63, 3.8) is 0 Å². The largest absolute Gasteiger partial charge is 0.508 e. The van der Waals surface area contributed by atoms with Gasteiger partial charge in [-0.05, 0) is 109 Å². The second-order valence-electron chi connectivity index (χ2n) is 12.9. The Labute approximate surface area is 423 Å². The van der Waals surface area contributed by atoms with Crippen molar-refractivity contribution < 1.29 is 54.6 Å². The Bertz CT molecular complexity index is 2750. The lowest BCUT2D eigenvalue weighted by atomic mass is 10.2. The number of carbonyl (C=O) groups is 4. The van der Waals surface area contributed by atoms with Crippen molar-refractivity contribution in [2.24, 2.45) is 0 Å². The van der Waals surface area contributed by atoms with Crippen LogP contribution in [0, 0.1) is 0 Å². The normalized spacial score (nSPS) is 9.56. The van der Waals surface area contributed by atoms with Gasteiger partial charge in [0.05, 0.1) is 23.5 Å². The first-order valence-electron chi connectivity index (χ1n) is 19.3. The predicted molar refractivity (Wildman–Crippen MR) is 266 cm³/mol. The van der Waals surface area contributed by atoms with E-state index in [4.69, 9.17) is 88.9 Å². The van der Waals surface area contributed by atoms with Crippen LogP contribution in [0.5, 0.6) is 34.5 Å². The maximum Gasteiger partial charge on any atom is 0.347 e. The van der Waals surface area contributed by atoms with E-state index in [1.807, 2.05) is 12.1 Å². The lowest BCUT2D eigenvalue weighted by Gasteiger charge is -2.05. The SMILES string of the molecule is Nc1cnccn1.O=C(Cl)c1cc(Cl)ccc1O.O=C(Nc1cnccn1)c1cc(Cl)ccc1O.O=C(O)c1cc(Cl)ccc1O.O=C(Oc1ccccc1)c1cc(Cl)ccc1O.Oc1ccccc1. The van der Waals surface area contributed by atoms with Crippen LogP contribution in [0.25, 0.3) is 0 Å². The zero-order valence-corrected chi connectivity index (χ0v) is 39.4. The van der Waals surface area contributed by atoms with Gasteiger partial charge >= 0.3 is 11.9 Å². The number of aromatic nitrogens is 4. The highest BCUT2D eigenvalue weighted by Gasteiger charge is 2.15. The lowest BCUT2D eigenvalue weighted by Crippen LogP contribution is -2.13. The number of aromatic hydroxyl groups is 5. The zero-order valence-electron chi connectivity index (χ0n) is 35.6. The average molecular weight is 1050 g/mol. The van der Waals surface area contributed by atoms with E-state index in [-0.39, 0.29) is 45.3 Å². The van der Waals surface area contributed by atoms with Gasteiger partial charge in [-0.1, -0.05) is 82.8 Å². The molecular weight excluding hydrogens is 1010 g/mol. The molecule has 8 aromatic rings. The van der Waals surface area contributed by atoms with E-state index < -0.39 is 23.1 Å². The molecule has 0 aliphatic carbocycles. The lowest BCUT2D eigenvalue weighted by molar-refractivity contribution is 0.0690. The smallest absolute Gasteiger partial charge is 0.347 e. The standard InChI is InChI=1S/C13H9ClO3.C11H8ClN3O2.C7H4Cl2O2.C7H5ClO3.C6H6O.C4H5N3/c14-9-6-7-12(15)11(8-9)13(16)17-10-4-2-1-3-5-10;12-7-1-2-9(16)8(5-7)11(17)15-10-6-13-3-4-14-10;8-4-1-2-6(10)5(3-4)7(9)11;8-4-1-2-6(9)5(3-4)7(10)11;7-6-4-2-1-3-5-6;5-4-3-6-1-2-7-4/h1-8,15H;1-6,16H,(H,14,15,17);1-3,10H;1-3,9H,(H,10,11);1-5,7H;1-3H,(H2,5,7). The van der Waals surface area contributed by atoms with Crippen molar-refractivity contribution in [2.45, 2.75) is 0 Å². The van der Waals surface area contributed by atoms with Crippen LogP contribution in [-0.4, -0.2) is 73.7 Å². The number of phenols is 5. The van der Waals surface area contributed by atoms with Crippen molar-refractivity contribution in [3.8, 4) is 34.5 Å². The molecule has 2 heterocycles. The summed E-state index contributed by atoms with van der Waals surface area (Å²) in [5, 5.41) is 57.3. The highest BCUT2D eigenvalue weighted by molar-refractivity contribution is 6.68. The van der Waals surface area contributed by atoms with Crippen molar-refractivity contribution in [2.75, 3.05) is 11.1 Å². The summed E-state index contributed by atoms with van der Waals surface area (Å²) in [5.41, 5.74) is 5.16. The van der Waals surface area contributed by atoms with E-state index in [1.54, 1.807) is 60.9 Å². The number of hydrogen-bond acceptors (Lipinski definition) is 15. The van der Waals surface area contributed by atoms with Gasteiger partial charge in [-0.15, -0.1) is 0 Å². The molecule has 0 spiro atoms. The van der Waals surface area contributed by atoms with E-state index in [1.165, 1.54) is 97.6 Å². The minimum atomic E-state index is -1.19. The molecule has 0 atom stereocenters.